The van der Waals surface area contributed by atoms with E-state index < -0.39 is 11.6 Å². The number of benzene rings is 1. The third kappa shape index (κ3) is 2.50. The number of nitrogens with two attached hydrogens (primary N) is 1. The Morgan fingerprint density at radius 3 is 2.83 bits per heavy atom. The second kappa shape index (κ2) is 5.16. The molecule has 0 aliphatic heterocycles. The second-order valence-corrected chi connectivity index (χ2v) is 4.17. The molecular weight excluding hydrogens is 236 g/mol. The van der Waals surface area contributed by atoms with Crippen LogP contribution in [0, 0.1) is 11.6 Å². The number of nitrogen functional groups attached to an aromatic ring is 1. The molecule has 0 unspecified atom stereocenters. The Morgan fingerprint density at radius 2 is 2.11 bits per heavy atom. The van der Waals surface area contributed by atoms with E-state index in [1.165, 1.54) is 0 Å². The number of unbranched alkanes of at least 4 members (excludes halogenated alkanes) is 1. The number of rotatable bonds is 4. The molecule has 1 aromatic heterocycles. The lowest BCUT2D eigenvalue weighted by molar-refractivity contribution is 0.571. The Kier molecular flexibility index (Phi) is 3.60. The van der Waals surface area contributed by atoms with Gasteiger partial charge < -0.3 is 5.73 Å². The molecule has 1 heterocycles. The van der Waals surface area contributed by atoms with Crippen LogP contribution in [0.4, 0.5) is 14.5 Å². The van der Waals surface area contributed by atoms with E-state index in [0.29, 0.717) is 11.4 Å². The molecule has 5 heteroatoms. The Hall–Kier alpha value is -1.91. The minimum atomic E-state index is -0.524. The maximum atomic E-state index is 13.6. The van der Waals surface area contributed by atoms with Crippen LogP contribution in [0.3, 0.4) is 0 Å². The number of aromatic nitrogens is 2. The standard InChI is InChI=1S/C13H15F2N3/c1-2-3-6-18-8-12(16)13(17-18)10-7-9(14)4-5-11(10)15/h4-5,7-8H,2-3,6,16H2,1H3. The van der Waals surface area contributed by atoms with Crippen molar-refractivity contribution in [2.24, 2.45) is 0 Å². The Bertz CT molecular complexity index is 549. The molecule has 0 saturated carbocycles. The Morgan fingerprint density at radius 1 is 1.33 bits per heavy atom. The molecule has 2 N–H and O–H groups in total. The minimum Gasteiger partial charge on any atom is -0.396 e. The van der Waals surface area contributed by atoms with E-state index in [1.807, 2.05) is 0 Å². The van der Waals surface area contributed by atoms with E-state index in [2.05, 4.69) is 12.0 Å². The molecular formula is C13H15F2N3. The summed E-state index contributed by atoms with van der Waals surface area (Å²) in [5.41, 5.74) is 6.54. The fourth-order valence-electron chi connectivity index (χ4n) is 1.76. The number of nitrogens with zero attached hydrogens (tertiary/aromatic N) is 2. The van der Waals surface area contributed by atoms with Crippen LogP contribution in [-0.4, -0.2) is 9.78 Å². The largest absolute Gasteiger partial charge is 0.396 e. The normalized spacial score (nSPS) is 10.8. The smallest absolute Gasteiger partial charge is 0.132 e. The molecule has 0 atom stereocenters. The van der Waals surface area contributed by atoms with Crippen molar-refractivity contribution in [1.82, 2.24) is 9.78 Å². The van der Waals surface area contributed by atoms with Crippen molar-refractivity contribution < 1.29 is 8.78 Å². The Labute approximate surface area is 104 Å². The summed E-state index contributed by atoms with van der Waals surface area (Å²) in [6.07, 6.45) is 3.64. The molecule has 18 heavy (non-hydrogen) atoms. The molecule has 3 nitrogen and oxygen atoms in total. The monoisotopic (exact) mass is 251 g/mol. The molecule has 1 aromatic carbocycles. The molecule has 0 radical (unpaired) electrons. The molecule has 2 aromatic rings. The molecule has 0 bridgehead atoms. The predicted octanol–water partition coefficient (Wildman–Crippen LogP) is 3.21. The highest BCUT2D eigenvalue weighted by atomic mass is 19.1. The molecule has 0 spiro atoms. The van der Waals surface area contributed by atoms with Gasteiger partial charge in [0.15, 0.2) is 0 Å². The summed E-state index contributed by atoms with van der Waals surface area (Å²) < 4.78 is 28.4. The van der Waals surface area contributed by atoms with Crippen molar-refractivity contribution in [3.05, 3.63) is 36.0 Å². The van der Waals surface area contributed by atoms with Gasteiger partial charge in [0.25, 0.3) is 0 Å². The first-order valence-corrected chi connectivity index (χ1v) is 5.90. The first-order valence-electron chi connectivity index (χ1n) is 5.90. The summed E-state index contributed by atoms with van der Waals surface area (Å²) in [5.74, 6) is -1.03. The summed E-state index contributed by atoms with van der Waals surface area (Å²) >= 11 is 0. The van der Waals surface area contributed by atoms with Crippen molar-refractivity contribution in [2.75, 3.05) is 5.73 Å². The van der Waals surface area contributed by atoms with E-state index in [1.54, 1.807) is 10.9 Å². The highest BCUT2D eigenvalue weighted by Gasteiger charge is 2.13. The zero-order chi connectivity index (χ0) is 13.1. The second-order valence-electron chi connectivity index (χ2n) is 4.17. The van der Waals surface area contributed by atoms with E-state index in [4.69, 9.17) is 5.73 Å². The third-order valence-electron chi connectivity index (χ3n) is 2.71. The van der Waals surface area contributed by atoms with Crippen LogP contribution in [0.15, 0.2) is 24.4 Å². The van der Waals surface area contributed by atoms with Crippen LogP contribution < -0.4 is 5.73 Å². The van der Waals surface area contributed by atoms with Gasteiger partial charge in [0.2, 0.25) is 0 Å². The topological polar surface area (TPSA) is 43.8 Å². The van der Waals surface area contributed by atoms with E-state index in [0.717, 1.165) is 37.6 Å². The molecule has 0 saturated heterocycles. The molecule has 0 amide bonds. The minimum absolute atomic E-state index is 0.0998. The summed E-state index contributed by atoms with van der Waals surface area (Å²) in [6.45, 7) is 2.79. The first-order chi connectivity index (χ1) is 8.61. The van der Waals surface area contributed by atoms with Crippen LogP contribution in [-0.2, 0) is 6.54 Å². The summed E-state index contributed by atoms with van der Waals surface area (Å²) in [5, 5.41) is 4.20. The van der Waals surface area contributed by atoms with Gasteiger partial charge in [-0.1, -0.05) is 13.3 Å². The molecule has 0 aliphatic rings. The average molecular weight is 251 g/mol. The van der Waals surface area contributed by atoms with E-state index in [-0.39, 0.29) is 5.56 Å². The van der Waals surface area contributed by atoms with Crippen LogP contribution >= 0.6 is 0 Å². The molecule has 96 valence electrons. The molecule has 2 rings (SSSR count). The number of aryl methyl sites for hydroxylation is 1. The van der Waals surface area contributed by atoms with E-state index in [9.17, 15) is 8.78 Å². The van der Waals surface area contributed by atoms with Crippen molar-refractivity contribution in [3.8, 4) is 11.3 Å². The summed E-state index contributed by atoms with van der Waals surface area (Å²) in [4.78, 5) is 0. The number of halogens is 2. The van der Waals surface area contributed by atoms with Crippen LogP contribution in [0.2, 0.25) is 0 Å². The van der Waals surface area contributed by atoms with Crippen LogP contribution in [0.25, 0.3) is 11.3 Å². The van der Waals surface area contributed by atoms with Gasteiger partial charge in [-0.2, -0.15) is 5.10 Å². The van der Waals surface area contributed by atoms with Crippen molar-refractivity contribution in [2.45, 2.75) is 26.3 Å². The van der Waals surface area contributed by atoms with Gasteiger partial charge in [0.1, 0.15) is 17.3 Å². The lowest BCUT2D eigenvalue weighted by Gasteiger charge is -2.01. The SMILES string of the molecule is CCCCn1cc(N)c(-c2cc(F)ccc2F)n1. The number of anilines is 1. The van der Waals surface area contributed by atoms with Crippen molar-refractivity contribution in [3.63, 3.8) is 0 Å². The maximum Gasteiger partial charge on any atom is 0.132 e. The number of hydrogen-bond acceptors (Lipinski definition) is 2. The van der Waals surface area contributed by atoms with Crippen LogP contribution in [0.5, 0.6) is 0 Å². The van der Waals surface area contributed by atoms with Gasteiger partial charge in [-0.3, -0.25) is 4.68 Å². The highest BCUT2D eigenvalue weighted by Crippen LogP contribution is 2.27. The van der Waals surface area contributed by atoms with Gasteiger partial charge in [-0.15, -0.1) is 0 Å². The lowest BCUT2D eigenvalue weighted by Crippen LogP contribution is -1.98. The quantitative estimate of drug-likeness (QED) is 0.906. The zero-order valence-corrected chi connectivity index (χ0v) is 10.2. The van der Waals surface area contributed by atoms with Crippen molar-refractivity contribution >= 4 is 5.69 Å². The Balaban J connectivity index is 2.38. The number of hydrogen-bond donors (Lipinski definition) is 1. The van der Waals surface area contributed by atoms with Gasteiger partial charge in [0, 0.05) is 18.3 Å². The van der Waals surface area contributed by atoms with Crippen LogP contribution in [0.1, 0.15) is 19.8 Å². The zero-order valence-electron chi connectivity index (χ0n) is 10.2. The predicted molar refractivity (Wildman–Crippen MR) is 66.9 cm³/mol. The van der Waals surface area contributed by atoms with Gasteiger partial charge in [0.05, 0.1) is 5.69 Å². The van der Waals surface area contributed by atoms with Gasteiger partial charge >= 0.3 is 0 Å². The van der Waals surface area contributed by atoms with Gasteiger partial charge in [-0.25, -0.2) is 8.78 Å². The molecule has 0 aliphatic carbocycles. The average Bonchev–Trinajstić information content (AvgIpc) is 2.71. The highest BCUT2D eigenvalue weighted by molar-refractivity contribution is 5.72. The van der Waals surface area contributed by atoms with E-state index >= 15 is 0 Å². The van der Waals surface area contributed by atoms with Gasteiger partial charge in [-0.05, 0) is 24.6 Å². The fourth-order valence-corrected chi connectivity index (χ4v) is 1.76. The van der Waals surface area contributed by atoms with Crippen molar-refractivity contribution in [1.29, 1.82) is 0 Å². The fraction of sp³-hybridized carbons (Fsp3) is 0.308. The third-order valence-corrected chi connectivity index (χ3v) is 2.71. The maximum absolute atomic E-state index is 13.6. The lowest BCUT2D eigenvalue weighted by atomic mass is 10.1. The summed E-state index contributed by atoms with van der Waals surface area (Å²) in [7, 11) is 0. The summed E-state index contributed by atoms with van der Waals surface area (Å²) in [6, 6.07) is 3.26. The molecule has 0 fully saturated rings. The first kappa shape index (κ1) is 12.5.